The van der Waals surface area contributed by atoms with E-state index in [1.807, 2.05) is 60.4 Å². The number of carbonyl (C=O) groups excluding carboxylic acids is 1. The highest BCUT2D eigenvalue weighted by Crippen LogP contribution is 2.48. The number of nitrogens with one attached hydrogen (secondary N) is 1. The van der Waals surface area contributed by atoms with E-state index in [1.165, 1.54) is 0 Å². The van der Waals surface area contributed by atoms with Crippen molar-refractivity contribution in [3.63, 3.8) is 0 Å². The monoisotopic (exact) mass is 412 g/mol. The molecule has 2 bridgehead atoms. The van der Waals surface area contributed by atoms with E-state index in [4.69, 9.17) is 26.4 Å². The van der Waals surface area contributed by atoms with Crippen molar-refractivity contribution in [2.45, 2.75) is 32.2 Å². The smallest absolute Gasteiger partial charge is 0.317 e. The second kappa shape index (κ2) is 7.55. The van der Waals surface area contributed by atoms with Crippen molar-refractivity contribution >= 4 is 23.3 Å². The summed E-state index contributed by atoms with van der Waals surface area (Å²) in [6.07, 6.45) is 0. The van der Waals surface area contributed by atoms with Crippen LogP contribution < -0.4 is 14.8 Å². The molecule has 152 valence electrons. The maximum Gasteiger partial charge on any atom is 0.317 e. The number of hydrogen-bond donors (Lipinski definition) is 1. The van der Waals surface area contributed by atoms with Crippen LogP contribution in [-0.2, 0) is 16.1 Å². The van der Waals surface area contributed by atoms with Gasteiger partial charge in [0, 0.05) is 12.1 Å². The van der Waals surface area contributed by atoms with Gasteiger partial charge < -0.3 is 24.4 Å². The lowest BCUT2D eigenvalue weighted by atomic mass is 9.79. The Morgan fingerprint density at radius 1 is 1.24 bits per heavy atom. The fourth-order valence-electron chi connectivity index (χ4n) is 4.13. The van der Waals surface area contributed by atoms with Crippen LogP contribution in [0, 0.1) is 5.92 Å². The number of carbonyl (C=O) groups is 1. The third kappa shape index (κ3) is 3.29. The fraction of sp³-hybridized carbons (Fsp3) is 0.364. The zero-order valence-electron chi connectivity index (χ0n) is 16.7. The molecule has 1 saturated heterocycles. The third-order valence-corrected chi connectivity index (χ3v) is 5.92. The molecule has 2 aromatic carbocycles. The van der Waals surface area contributed by atoms with Crippen LogP contribution in [0.1, 0.15) is 31.0 Å². The first-order valence-electron chi connectivity index (χ1n) is 9.63. The summed E-state index contributed by atoms with van der Waals surface area (Å²) in [4.78, 5) is 14.9. The predicted octanol–water partition coefficient (Wildman–Crippen LogP) is 3.41. The van der Waals surface area contributed by atoms with Gasteiger partial charge in [0.05, 0.1) is 19.8 Å². The van der Waals surface area contributed by atoms with Crippen molar-refractivity contribution in [2.75, 3.05) is 13.7 Å². The Morgan fingerprint density at radius 3 is 2.66 bits per heavy atom. The van der Waals surface area contributed by atoms with E-state index in [2.05, 4.69) is 5.32 Å². The van der Waals surface area contributed by atoms with Crippen molar-refractivity contribution < 1.29 is 19.0 Å². The molecular weight excluding hydrogens is 388 g/mol. The highest BCUT2D eigenvalue weighted by molar-refractivity contribution is 7.80. The fourth-order valence-corrected chi connectivity index (χ4v) is 4.50. The van der Waals surface area contributed by atoms with E-state index >= 15 is 0 Å². The first kappa shape index (κ1) is 19.5. The molecule has 0 amide bonds. The number of methoxy groups -OCH3 is 1. The number of thiocarbonyl (C=S) groups is 1. The SMILES string of the molecule is CCOC(=O)C1C2NC(=S)N(Cc3ccc(OC)cc3)C1(C)Oc1ccccc12. The molecule has 3 unspecified atom stereocenters. The van der Waals surface area contributed by atoms with Crippen LogP contribution in [0.15, 0.2) is 48.5 Å². The van der Waals surface area contributed by atoms with Gasteiger partial charge >= 0.3 is 5.97 Å². The molecule has 6 nitrogen and oxygen atoms in total. The topological polar surface area (TPSA) is 60.0 Å². The van der Waals surface area contributed by atoms with Gasteiger partial charge in [-0.3, -0.25) is 4.79 Å². The average Bonchev–Trinajstić information content (AvgIpc) is 2.71. The summed E-state index contributed by atoms with van der Waals surface area (Å²) in [6, 6.07) is 15.2. The second-order valence-corrected chi connectivity index (χ2v) is 7.67. The van der Waals surface area contributed by atoms with E-state index in [0.29, 0.717) is 18.3 Å². The summed E-state index contributed by atoms with van der Waals surface area (Å²) in [6.45, 7) is 4.51. The average molecular weight is 413 g/mol. The number of hydrogen-bond acceptors (Lipinski definition) is 5. The van der Waals surface area contributed by atoms with E-state index in [1.54, 1.807) is 14.0 Å². The maximum absolute atomic E-state index is 13.0. The van der Waals surface area contributed by atoms with Crippen LogP contribution in [0.3, 0.4) is 0 Å². The Kier molecular flexibility index (Phi) is 5.08. The van der Waals surface area contributed by atoms with E-state index in [0.717, 1.165) is 22.6 Å². The maximum atomic E-state index is 13.0. The molecule has 2 heterocycles. The minimum Gasteiger partial charge on any atom is -0.497 e. The van der Waals surface area contributed by atoms with Crippen LogP contribution in [0.2, 0.25) is 0 Å². The largest absolute Gasteiger partial charge is 0.497 e. The Morgan fingerprint density at radius 2 is 1.97 bits per heavy atom. The summed E-state index contributed by atoms with van der Waals surface area (Å²) < 4.78 is 17.1. The minimum absolute atomic E-state index is 0.302. The summed E-state index contributed by atoms with van der Waals surface area (Å²) in [5.41, 5.74) is 0.960. The third-order valence-electron chi connectivity index (χ3n) is 5.58. The molecule has 7 heteroatoms. The van der Waals surface area contributed by atoms with E-state index in [-0.39, 0.29) is 12.0 Å². The van der Waals surface area contributed by atoms with Gasteiger partial charge in [-0.2, -0.15) is 0 Å². The number of benzene rings is 2. The molecule has 0 spiro atoms. The quantitative estimate of drug-likeness (QED) is 0.596. The normalized spacial score (nSPS) is 24.8. The molecule has 1 N–H and O–H groups in total. The molecule has 4 rings (SSSR count). The molecule has 2 aliphatic heterocycles. The van der Waals surface area contributed by atoms with Gasteiger partial charge in [0.1, 0.15) is 17.4 Å². The second-order valence-electron chi connectivity index (χ2n) is 7.29. The van der Waals surface area contributed by atoms with Gasteiger partial charge in [0.15, 0.2) is 10.8 Å². The van der Waals surface area contributed by atoms with Gasteiger partial charge in [-0.15, -0.1) is 0 Å². The van der Waals surface area contributed by atoms with E-state index < -0.39 is 11.6 Å². The summed E-state index contributed by atoms with van der Waals surface area (Å²) in [7, 11) is 1.64. The van der Waals surface area contributed by atoms with Crippen LogP contribution in [0.5, 0.6) is 11.5 Å². The van der Waals surface area contributed by atoms with Crippen molar-refractivity contribution in [3.05, 3.63) is 59.7 Å². The number of esters is 1. The van der Waals surface area contributed by atoms with Gasteiger partial charge in [0.25, 0.3) is 0 Å². The van der Waals surface area contributed by atoms with Gasteiger partial charge in [-0.05, 0) is 49.8 Å². The predicted molar refractivity (Wildman–Crippen MR) is 113 cm³/mol. The lowest BCUT2D eigenvalue weighted by Gasteiger charge is -2.55. The lowest BCUT2D eigenvalue weighted by molar-refractivity contribution is -0.176. The van der Waals surface area contributed by atoms with Crippen molar-refractivity contribution in [3.8, 4) is 11.5 Å². The zero-order valence-corrected chi connectivity index (χ0v) is 17.5. The molecule has 1 fully saturated rings. The van der Waals surface area contributed by atoms with Crippen LogP contribution in [0.4, 0.5) is 0 Å². The molecule has 29 heavy (non-hydrogen) atoms. The number of ether oxygens (including phenoxy) is 3. The Balaban J connectivity index is 1.75. The Bertz CT molecular complexity index is 933. The molecule has 2 aliphatic rings. The summed E-state index contributed by atoms with van der Waals surface area (Å²) >= 11 is 5.69. The summed E-state index contributed by atoms with van der Waals surface area (Å²) in [5.74, 6) is 0.661. The van der Waals surface area contributed by atoms with E-state index in [9.17, 15) is 4.79 Å². The highest BCUT2D eigenvalue weighted by Gasteiger charge is 2.59. The molecule has 3 atom stereocenters. The van der Waals surface area contributed by atoms with Crippen LogP contribution in [-0.4, -0.2) is 35.4 Å². The molecule has 0 saturated carbocycles. The van der Waals surface area contributed by atoms with Crippen molar-refractivity contribution in [1.29, 1.82) is 0 Å². The number of rotatable bonds is 5. The van der Waals surface area contributed by atoms with Crippen LogP contribution >= 0.6 is 12.2 Å². The number of nitrogens with zero attached hydrogens (tertiary/aromatic N) is 1. The number of fused-ring (bicyclic) bond motifs is 4. The Hall–Kier alpha value is -2.80. The standard InChI is InChI=1S/C22H24N2O4S/c1-4-27-20(25)18-19-16-7-5-6-8-17(16)28-22(18,2)24(21(29)23-19)13-14-9-11-15(26-3)12-10-14/h5-12,18-19H,4,13H2,1-3H3,(H,23,29). The first-order chi connectivity index (χ1) is 14.0. The number of para-hydroxylation sites is 1. The minimum atomic E-state index is -0.979. The lowest BCUT2D eigenvalue weighted by Crippen LogP contribution is -2.70. The molecule has 0 radical (unpaired) electrons. The summed E-state index contributed by atoms with van der Waals surface area (Å²) in [5, 5.41) is 3.91. The zero-order chi connectivity index (χ0) is 20.6. The first-order valence-corrected chi connectivity index (χ1v) is 10.0. The molecule has 0 aliphatic carbocycles. The molecular formula is C22H24N2O4S. The molecule has 0 aromatic heterocycles. The van der Waals surface area contributed by atoms with Gasteiger partial charge in [-0.25, -0.2) is 0 Å². The molecule has 2 aromatic rings. The van der Waals surface area contributed by atoms with Crippen LogP contribution in [0.25, 0.3) is 0 Å². The van der Waals surface area contributed by atoms with Crippen molar-refractivity contribution in [2.24, 2.45) is 5.92 Å². The van der Waals surface area contributed by atoms with Gasteiger partial charge in [0.2, 0.25) is 0 Å². The highest BCUT2D eigenvalue weighted by atomic mass is 32.1. The van der Waals surface area contributed by atoms with Gasteiger partial charge in [-0.1, -0.05) is 30.3 Å². The Labute approximate surface area is 175 Å². The van der Waals surface area contributed by atoms with Crippen molar-refractivity contribution in [1.82, 2.24) is 10.2 Å².